The summed E-state index contributed by atoms with van der Waals surface area (Å²) in [6.07, 6.45) is 5.26. The Morgan fingerprint density at radius 3 is 2.83 bits per heavy atom. The summed E-state index contributed by atoms with van der Waals surface area (Å²) in [5, 5.41) is 1.07. The Labute approximate surface area is 132 Å². The number of Topliss-reactive ketones (excluding diaryl/α,β-unsaturated/α-hetero) is 1. The summed E-state index contributed by atoms with van der Waals surface area (Å²) in [6, 6.07) is 8.01. The molecule has 0 aliphatic carbocycles. The molecule has 5 heteroatoms. The van der Waals surface area contributed by atoms with Gasteiger partial charge in [-0.1, -0.05) is 24.8 Å². The summed E-state index contributed by atoms with van der Waals surface area (Å²) in [6.45, 7) is 5.41. The Morgan fingerprint density at radius 2 is 2.00 bits per heavy atom. The van der Waals surface area contributed by atoms with Crippen molar-refractivity contribution < 1.29 is 4.79 Å². The summed E-state index contributed by atoms with van der Waals surface area (Å²) in [5.41, 5.74) is 4.87. The Morgan fingerprint density at radius 1 is 1.17 bits per heavy atom. The molecule has 0 aliphatic rings. The van der Waals surface area contributed by atoms with Crippen molar-refractivity contribution >= 4 is 27.9 Å². The first-order valence-electron chi connectivity index (χ1n) is 7.26. The zero-order valence-corrected chi connectivity index (χ0v) is 12.6. The predicted molar refractivity (Wildman–Crippen MR) is 90.3 cm³/mol. The number of ketones is 1. The number of hydrogen-bond donors (Lipinski definition) is 2. The number of H-pyrrole nitrogens is 2. The lowest BCUT2D eigenvalue weighted by molar-refractivity contribution is 0.103. The van der Waals surface area contributed by atoms with E-state index in [1.807, 2.05) is 30.5 Å². The summed E-state index contributed by atoms with van der Waals surface area (Å²) < 4.78 is 0. The average Bonchev–Trinajstić information content (AvgIpc) is 3.17. The highest BCUT2D eigenvalue weighted by Crippen LogP contribution is 2.28. The number of aromatic amines is 2. The maximum Gasteiger partial charge on any atom is 0.191 e. The molecule has 0 spiro atoms. The molecule has 2 N–H and O–H groups in total. The molecule has 4 aromatic rings. The maximum atomic E-state index is 12.2. The third-order valence-corrected chi connectivity index (χ3v) is 3.88. The fourth-order valence-corrected chi connectivity index (χ4v) is 2.71. The van der Waals surface area contributed by atoms with Crippen molar-refractivity contribution in [1.29, 1.82) is 0 Å². The Bertz CT molecular complexity index is 1070. The first-order valence-corrected chi connectivity index (χ1v) is 7.26. The van der Waals surface area contributed by atoms with E-state index in [-0.39, 0.29) is 5.78 Å². The van der Waals surface area contributed by atoms with Gasteiger partial charge in [0.25, 0.3) is 0 Å². The van der Waals surface area contributed by atoms with E-state index in [4.69, 9.17) is 0 Å². The van der Waals surface area contributed by atoms with Crippen LogP contribution in [0.5, 0.6) is 0 Å². The maximum absolute atomic E-state index is 12.2. The Hall–Kier alpha value is -3.21. The van der Waals surface area contributed by atoms with Crippen molar-refractivity contribution in [1.82, 2.24) is 19.9 Å². The fourth-order valence-electron chi connectivity index (χ4n) is 2.71. The molecule has 0 atom stereocenters. The highest BCUT2D eigenvalue weighted by molar-refractivity contribution is 6.14. The van der Waals surface area contributed by atoms with E-state index in [1.54, 1.807) is 19.3 Å². The van der Waals surface area contributed by atoms with E-state index in [1.165, 1.54) is 0 Å². The monoisotopic (exact) mass is 302 g/mol. The number of allylic oxidation sites excluding steroid dienone is 1. The molecule has 4 rings (SSSR count). The SMILES string of the molecule is C=C(C)C(=O)c1c[nH]c2ncc(-c3c[nH]c4ccccc34)nc12. The number of aromatic nitrogens is 4. The van der Waals surface area contributed by atoms with Gasteiger partial charge in [0.1, 0.15) is 5.52 Å². The zero-order valence-electron chi connectivity index (χ0n) is 12.6. The number of rotatable bonds is 3. The molecule has 0 fully saturated rings. The number of benzene rings is 1. The van der Waals surface area contributed by atoms with Crippen LogP contribution in [0.25, 0.3) is 33.3 Å². The van der Waals surface area contributed by atoms with Crippen molar-refractivity contribution in [2.24, 2.45) is 0 Å². The number of nitrogens with zero attached hydrogens (tertiary/aromatic N) is 2. The highest BCUT2D eigenvalue weighted by atomic mass is 16.1. The molecule has 112 valence electrons. The van der Waals surface area contributed by atoms with Gasteiger partial charge in [0.05, 0.1) is 17.5 Å². The Kier molecular flexibility index (Phi) is 2.87. The van der Waals surface area contributed by atoms with Crippen molar-refractivity contribution in [2.75, 3.05) is 0 Å². The molecule has 0 saturated carbocycles. The summed E-state index contributed by atoms with van der Waals surface area (Å²) in [7, 11) is 0. The molecule has 5 nitrogen and oxygen atoms in total. The lowest BCUT2D eigenvalue weighted by atomic mass is 10.1. The van der Waals surface area contributed by atoms with E-state index < -0.39 is 0 Å². The third kappa shape index (κ3) is 2.05. The normalized spacial score (nSPS) is 11.2. The van der Waals surface area contributed by atoms with Gasteiger partial charge in [-0.3, -0.25) is 4.79 Å². The van der Waals surface area contributed by atoms with Crippen molar-refractivity contribution in [3.63, 3.8) is 0 Å². The van der Waals surface area contributed by atoms with Crippen LogP contribution in [-0.4, -0.2) is 25.7 Å². The standard InChI is InChI=1S/C18H14N4O/c1-10(2)17(23)13-8-20-18-16(13)22-15(9-21-18)12-7-19-14-6-4-3-5-11(12)14/h3-9,19H,1H2,2H3,(H,20,21). The number of para-hydroxylation sites is 1. The van der Waals surface area contributed by atoms with Gasteiger partial charge >= 0.3 is 0 Å². The van der Waals surface area contributed by atoms with Crippen molar-refractivity contribution in [3.8, 4) is 11.3 Å². The van der Waals surface area contributed by atoms with E-state index in [0.29, 0.717) is 22.3 Å². The second kappa shape index (κ2) is 4.91. The molecule has 0 bridgehead atoms. The van der Waals surface area contributed by atoms with Gasteiger partial charge in [0.2, 0.25) is 0 Å². The minimum absolute atomic E-state index is 0.123. The molecule has 0 saturated heterocycles. The van der Waals surface area contributed by atoms with Gasteiger partial charge in [0, 0.05) is 28.9 Å². The second-order valence-corrected chi connectivity index (χ2v) is 5.51. The number of hydrogen-bond acceptors (Lipinski definition) is 3. The van der Waals surface area contributed by atoms with Crippen LogP contribution in [0, 0.1) is 0 Å². The number of carbonyl (C=O) groups is 1. The highest BCUT2D eigenvalue weighted by Gasteiger charge is 2.16. The topological polar surface area (TPSA) is 74.4 Å². The average molecular weight is 302 g/mol. The molecule has 0 aliphatic heterocycles. The minimum atomic E-state index is -0.123. The molecular weight excluding hydrogens is 288 g/mol. The van der Waals surface area contributed by atoms with Gasteiger partial charge in [-0.15, -0.1) is 0 Å². The smallest absolute Gasteiger partial charge is 0.191 e. The molecule has 3 aromatic heterocycles. The van der Waals surface area contributed by atoms with Crippen LogP contribution in [0.15, 0.2) is 55.0 Å². The van der Waals surface area contributed by atoms with Gasteiger partial charge in [-0.05, 0) is 18.6 Å². The van der Waals surface area contributed by atoms with Crippen LogP contribution >= 0.6 is 0 Å². The zero-order chi connectivity index (χ0) is 16.0. The number of carbonyl (C=O) groups excluding carboxylic acids is 1. The summed E-state index contributed by atoms with van der Waals surface area (Å²) in [5.74, 6) is -0.123. The van der Waals surface area contributed by atoms with Crippen LogP contribution in [0.2, 0.25) is 0 Å². The number of nitrogens with one attached hydrogen (secondary N) is 2. The quantitative estimate of drug-likeness (QED) is 0.445. The van der Waals surface area contributed by atoms with Crippen LogP contribution < -0.4 is 0 Å². The molecule has 3 heterocycles. The summed E-state index contributed by atoms with van der Waals surface area (Å²) >= 11 is 0. The first-order chi connectivity index (χ1) is 11.1. The van der Waals surface area contributed by atoms with Crippen LogP contribution in [0.1, 0.15) is 17.3 Å². The molecule has 0 radical (unpaired) electrons. The largest absolute Gasteiger partial charge is 0.360 e. The van der Waals surface area contributed by atoms with Crippen molar-refractivity contribution in [2.45, 2.75) is 6.92 Å². The van der Waals surface area contributed by atoms with E-state index >= 15 is 0 Å². The van der Waals surface area contributed by atoms with Gasteiger partial charge < -0.3 is 9.97 Å². The second-order valence-electron chi connectivity index (χ2n) is 5.51. The lowest BCUT2D eigenvalue weighted by Gasteiger charge is -2.01. The lowest BCUT2D eigenvalue weighted by Crippen LogP contribution is -1.99. The van der Waals surface area contributed by atoms with E-state index in [0.717, 1.165) is 22.2 Å². The number of fused-ring (bicyclic) bond motifs is 2. The fraction of sp³-hybridized carbons (Fsp3) is 0.0556. The van der Waals surface area contributed by atoms with E-state index in [2.05, 4.69) is 26.5 Å². The summed E-state index contributed by atoms with van der Waals surface area (Å²) in [4.78, 5) is 27.5. The van der Waals surface area contributed by atoms with Crippen LogP contribution in [0.3, 0.4) is 0 Å². The third-order valence-electron chi connectivity index (χ3n) is 3.88. The van der Waals surface area contributed by atoms with Gasteiger partial charge in [-0.25, -0.2) is 9.97 Å². The molecule has 1 aromatic carbocycles. The minimum Gasteiger partial charge on any atom is -0.360 e. The molecule has 0 amide bonds. The van der Waals surface area contributed by atoms with Gasteiger partial charge in [-0.2, -0.15) is 0 Å². The molecule has 23 heavy (non-hydrogen) atoms. The van der Waals surface area contributed by atoms with E-state index in [9.17, 15) is 4.79 Å². The van der Waals surface area contributed by atoms with Crippen LogP contribution in [0.4, 0.5) is 0 Å². The van der Waals surface area contributed by atoms with Crippen molar-refractivity contribution in [3.05, 3.63) is 60.6 Å². The Balaban J connectivity index is 1.93. The molecular formula is C18H14N4O. The molecule has 0 unspecified atom stereocenters. The van der Waals surface area contributed by atoms with Crippen LogP contribution in [-0.2, 0) is 0 Å². The first kappa shape index (κ1) is 13.5. The predicted octanol–water partition coefficient (Wildman–Crippen LogP) is 3.87. The van der Waals surface area contributed by atoms with Gasteiger partial charge in [0.15, 0.2) is 11.4 Å².